The Kier molecular flexibility index (Phi) is 6.30. The highest BCUT2D eigenvalue weighted by Gasteiger charge is 2.22. The van der Waals surface area contributed by atoms with E-state index in [0.29, 0.717) is 10.4 Å². The van der Waals surface area contributed by atoms with Crippen LogP contribution < -0.4 is 10.6 Å². The molecule has 0 radical (unpaired) electrons. The van der Waals surface area contributed by atoms with Crippen LogP contribution in [0.25, 0.3) is 0 Å². The van der Waals surface area contributed by atoms with Crippen molar-refractivity contribution in [2.75, 3.05) is 6.54 Å². The number of hydrogen-bond acceptors (Lipinski definition) is 4. The topological polar surface area (TPSA) is 95.5 Å². The highest BCUT2D eigenvalue weighted by Crippen LogP contribution is 2.17. The molecule has 0 aliphatic carbocycles. The van der Waals surface area contributed by atoms with Gasteiger partial charge in [-0.1, -0.05) is 24.3 Å². The zero-order valence-corrected chi connectivity index (χ0v) is 14.9. The van der Waals surface area contributed by atoms with Crippen LogP contribution in [0.15, 0.2) is 35.7 Å². The van der Waals surface area contributed by atoms with Crippen molar-refractivity contribution in [1.82, 2.24) is 10.6 Å². The summed E-state index contributed by atoms with van der Waals surface area (Å²) in [6.07, 6.45) is 0.00569. The molecule has 0 bridgehead atoms. The van der Waals surface area contributed by atoms with Gasteiger partial charge in [0.05, 0.1) is 4.88 Å². The van der Waals surface area contributed by atoms with Crippen molar-refractivity contribution in [2.24, 2.45) is 0 Å². The Balaban J connectivity index is 1.90. The van der Waals surface area contributed by atoms with Crippen LogP contribution in [0.4, 0.5) is 0 Å². The fourth-order valence-electron chi connectivity index (χ4n) is 2.25. The quantitative estimate of drug-likeness (QED) is 0.707. The molecule has 0 saturated carbocycles. The molecule has 1 unspecified atom stereocenters. The van der Waals surface area contributed by atoms with Crippen LogP contribution in [0.2, 0.25) is 0 Å². The van der Waals surface area contributed by atoms with Gasteiger partial charge < -0.3 is 15.7 Å². The zero-order chi connectivity index (χ0) is 18.4. The summed E-state index contributed by atoms with van der Waals surface area (Å²) < 4.78 is 0. The Morgan fingerprint density at radius 3 is 2.52 bits per heavy atom. The Bertz CT molecular complexity index is 771. The molecule has 25 heavy (non-hydrogen) atoms. The molecule has 3 N–H and O–H groups in total. The molecular formula is C18H20N2O4S. The average Bonchev–Trinajstić information content (AvgIpc) is 3.09. The van der Waals surface area contributed by atoms with Gasteiger partial charge >= 0.3 is 5.97 Å². The summed E-state index contributed by atoms with van der Waals surface area (Å²) in [5, 5.41) is 16.3. The fourth-order valence-corrected chi connectivity index (χ4v) is 2.89. The molecule has 7 heteroatoms. The molecule has 0 aliphatic rings. The van der Waals surface area contributed by atoms with Gasteiger partial charge in [-0.25, -0.2) is 4.79 Å². The summed E-state index contributed by atoms with van der Waals surface area (Å²) in [4.78, 5) is 35.9. The van der Waals surface area contributed by atoms with Gasteiger partial charge in [0.1, 0.15) is 0 Å². The van der Waals surface area contributed by atoms with Gasteiger partial charge in [0.25, 0.3) is 5.91 Å². The molecule has 132 valence electrons. The standard InChI is InChI=1S/C18H20N2O4S/c1-11-5-6-13(10-12(11)2)16(18(23)24)20-15(21)7-8-19-17(22)14-4-3-9-25-14/h3-6,9-10,16H,7-8H2,1-2H3,(H,19,22)(H,20,21)(H,23,24). The summed E-state index contributed by atoms with van der Waals surface area (Å²) in [5.74, 6) is -1.80. The van der Waals surface area contributed by atoms with E-state index in [1.807, 2.05) is 19.9 Å². The first kappa shape index (κ1) is 18.7. The first-order chi connectivity index (χ1) is 11.9. The van der Waals surface area contributed by atoms with Crippen molar-refractivity contribution >= 4 is 29.1 Å². The third kappa shape index (κ3) is 5.15. The second-order valence-corrected chi connectivity index (χ2v) is 6.61. The lowest BCUT2D eigenvalue weighted by atomic mass is 10.0. The number of benzene rings is 1. The molecular weight excluding hydrogens is 340 g/mol. The minimum absolute atomic E-state index is 0.00569. The molecule has 0 spiro atoms. The fraction of sp³-hybridized carbons (Fsp3) is 0.278. The number of thiophene rings is 1. The number of aryl methyl sites for hydroxylation is 2. The van der Waals surface area contributed by atoms with Crippen molar-refractivity contribution in [1.29, 1.82) is 0 Å². The second-order valence-electron chi connectivity index (χ2n) is 5.67. The summed E-state index contributed by atoms with van der Waals surface area (Å²) in [7, 11) is 0. The highest BCUT2D eigenvalue weighted by molar-refractivity contribution is 7.12. The van der Waals surface area contributed by atoms with Crippen LogP contribution in [-0.4, -0.2) is 29.4 Å². The number of hydrogen-bond donors (Lipinski definition) is 3. The smallest absolute Gasteiger partial charge is 0.330 e. The van der Waals surface area contributed by atoms with Gasteiger partial charge in [-0.15, -0.1) is 11.3 Å². The zero-order valence-electron chi connectivity index (χ0n) is 14.0. The molecule has 2 amide bonds. The van der Waals surface area contributed by atoms with Crippen LogP contribution in [0.1, 0.15) is 38.8 Å². The largest absolute Gasteiger partial charge is 0.479 e. The number of carboxylic acids is 1. The number of carbonyl (C=O) groups is 3. The number of aliphatic carboxylic acids is 1. The first-order valence-electron chi connectivity index (χ1n) is 7.79. The monoisotopic (exact) mass is 360 g/mol. The predicted octanol–water partition coefficient (Wildman–Crippen LogP) is 2.43. The first-order valence-corrected chi connectivity index (χ1v) is 8.67. The lowest BCUT2D eigenvalue weighted by Crippen LogP contribution is -2.36. The molecule has 1 atom stereocenters. The van der Waals surface area contributed by atoms with Gasteiger partial charge in [0, 0.05) is 13.0 Å². The minimum Gasteiger partial charge on any atom is -0.479 e. The SMILES string of the molecule is Cc1ccc(C(NC(=O)CCNC(=O)c2cccs2)C(=O)O)cc1C. The second kappa shape index (κ2) is 8.43. The lowest BCUT2D eigenvalue weighted by Gasteiger charge is -2.16. The van der Waals surface area contributed by atoms with E-state index in [2.05, 4.69) is 10.6 Å². The van der Waals surface area contributed by atoms with Crippen molar-refractivity contribution in [3.63, 3.8) is 0 Å². The van der Waals surface area contributed by atoms with Gasteiger partial charge in [0.15, 0.2) is 6.04 Å². The number of carbonyl (C=O) groups excluding carboxylic acids is 2. The summed E-state index contributed by atoms with van der Waals surface area (Å²) in [6.45, 7) is 3.96. The third-order valence-corrected chi connectivity index (χ3v) is 4.67. The number of nitrogens with one attached hydrogen (secondary N) is 2. The van der Waals surface area contributed by atoms with Gasteiger partial charge in [-0.05, 0) is 42.0 Å². The van der Waals surface area contributed by atoms with Gasteiger partial charge in [0.2, 0.25) is 5.91 Å². The normalized spacial score (nSPS) is 11.6. The molecule has 6 nitrogen and oxygen atoms in total. The Morgan fingerprint density at radius 1 is 1.16 bits per heavy atom. The Morgan fingerprint density at radius 2 is 1.92 bits per heavy atom. The molecule has 1 aromatic heterocycles. The molecule has 1 heterocycles. The van der Waals surface area contributed by atoms with E-state index < -0.39 is 17.9 Å². The number of carboxylic acid groups (broad SMARTS) is 1. The summed E-state index contributed by atoms with van der Waals surface area (Å²) in [6, 6.07) is 7.63. The van der Waals surface area contributed by atoms with E-state index in [-0.39, 0.29) is 18.9 Å². The van der Waals surface area contributed by atoms with Crippen LogP contribution in [-0.2, 0) is 9.59 Å². The van der Waals surface area contributed by atoms with Crippen molar-refractivity contribution in [3.05, 3.63) is 57.3 Å². The van der Waals surface area contributed by atoms with Gasteiger partial charge in [-0.2, -0.15) is 0 Å². The van der Waals surface area contributed by atoms with Crippen molar-refractivity contribution in [3.8, 4) is 0 Å². The molecule has 0 aliphatic heterocycles. The molecule has 0 fully saturated rings. The molecule has 2 aromatic rings. The predicted molar refractivity (Wildman–Crippen MR) is 95.7 cm³/mol. The summed E-state index contributed by atoms with van der Waals surface area (Å²) >= 11 is 1.31. The average molecular weight is 360 g/mol. The highest BCUT2D eigenvalue weighted by atomic mass is 32.1. The number of amides is 2. The van der Waals surface area contributed by atoms with E-state index in [1.54, 1.807) is 29.6 Å². The molecule has 2 rings (SSSR count). The van der Waals surface area contributed by atoms with Crippen LogP contribution in [0.5, 0.6) is 0 Å². The van der Waals surface area contributed by atoms with E-state index in [0.717, 1.165) is 11.1 Å². The van der Waals surface area contributed by atoms with Gasteiger partial charge in [-0.3, -0.25) is 9.59 Å². The lowest BCUT2D eigenvalue weighted by molar-refractivity contribution is -0.142. The van der Waals surface area contributed by atoms with Crippen LogP contribution in [0.3, 0.4) is 0 Å². The summed E-state index contributed by atoms with van der Waals surface area (Å²) in [5.41, 5.74) is 2.53. The van der Waals surface area contributed by atoms with Crippen LogP contribution >= 0.6 is 11.3 Å². The van der Waals surface area contributed by atoms with E-state index in [1.165, 1.54) is 11.3 Å². The number of rotatable bonds is 7. The van der Waals surface area contributed by atoms with E-state index in [9.17, 15) is 19.5 Å². The van der Waals surface area contributed by atoms with E-state index in [4.69, 9.17) is 0 Å². The van der Waals surface area contributed by atoms with Crippen molar-refractivity contribution in [2.45, 2.75) is 26.3 Å². The Hall–Kier alpha value is -2.67. The van der Waals surface area contributed by atoms with Crippen LogP contribution in [0, 0.1) is 13.8 Å². The molecule has 1 aromatic carbocycles. The maximum absolute atomic E-state index is 12.0. The maximum Gasteiger partial charge on any atom is 0.330 e. The molecule has 0 saturated heterocycles. The van der Waals surface area contributed by atoms with E-state index >= 15 is 0 Å². The third-order valence-electron chi connectivity index (χ3n) is 3.80. The Labute approximate surface area is 149 Å². The maximum atomic E-state index is 12.0. The minimum atomic E-state index is -1.13. The van der Waals surface area contributed by atoms with Crippen molar-refractivity contribution < 1.29 is 19.5 Å².